The van der Waals surface area contributed by atoms with Gasteiger partial charge >= 0.3 is 0 Å². The zero-order valence-electron chi connectivity index (χ0n) is 16.8. The molecule has 1 atom stereocenters. The van der Waals surface area contributed by atoms with E-state index in [0.717, 1.165) is 5.69 Å². The van der Waals surface area contributed by atoms with E-state index in [1.54, 1.807) is 54.7 Å². The number of amides is 1. The maximum absolute atomic E-state index is 12.9. The van der Waals surface area contributed by atoms with Crippen molar-refractivity contribution in [2.24, 2.45) is 5.73 Å². The van der Waals surface area contributed by atoms with E-state index >= 15 is 0 Å². The third-order valence-corrected chi connectivity index (χ3v) is 4.93. The summed E-state index contributed by atoms with van der Waals surface area (Å²) in [5.74, 6) is -0.361. The van der Waals surface area contributed by atoms with Crippen LogP contribution >= 0.6 is 11.6 Å². The fourth-order valence-electron chi connectivity index (χ4n) is 3.07. The highest BCUT2D eigenvalue weighted by molar-refractivity contribution is 6.30. The number of rotatable bonds is 8. The maximum Gasteiger partial charge on any atom is 0.252 e. The molecule has 0 saturated heterocycles. The first-order valence-electron chi connectivity index (χ1n) is 9.70. The SMILES string of the molecule is N=C(C=C(N)c1ccccc1C(=O)N[C@@H](CO)Cc1ccccn1)c1ccc(Cl)cc1. The van der Waals surface area contributed by atoms with Crippen molar-refractivity contribution in [1.29, 1.82) is 5.41 Å². The number of aliphatic hydroxyl groups is 1. The Morgan fingerprint density at radius 2 is 1.77 bits per heavy atom. The van der Waals surface area contributed by atoms with E-state index in [1.807, 2.05) is 18.2 Å². The summed E-state index contributed by atoms with van der Waals surface area (Å²) in [5.41, 5.74) is 9.03. The van der Waals surface area contributed by atoms with Crippen LogP contribution in [0, 0.1) is 5.41 Å². The van der Waals surface area contributed by atoms with Crippen molar-refractivity contribution in [2.75, 3.05) is 6.61 Å². The summed E-state index contributed by atoms with van der Waals surface area (Å²) in [6.07, 6.45) is 3.58. The van der Waals surface area contributed by atoms with E-state index in [0.29, 0.717) is 28.1 Å². The van der Waals surface area contributed by atoms with Crippen LogP contribution in [0.25, 0.3) is 5.70 Å². The third-order valence-electron chi connectivity index (χ3n) is 4.68. The molecule has 6 nitrogen and oxygen atoms in total. The van der Waals surface area contributed by atoms with Gasteiger partial charge < -0.3 is 21.6 Å². The Morgan fingerprint density at radius 1 is 1.10 bits per heavy atom. The smallest absolute Gasteiger partial charge is 0.252 e. The minimum atomic E-state index is -0.493. The molecule has 7 heteroatoms. The molecular formula is C24H23ClN4O2. The lowest BCUT2D eigenvalue weighted by Crippen LogP contribution is -2.39. The number of pyridine rings is 1. The lowest BCUT2D eigenvalue weighted by Gasteiger charge is -2.17. The number of nitrogens with zero attached hydrogens (tertiary/aromatic N) is 1. The topological polar surface area (TPSA) is 112 Å². The number of carbonyl (C=O) groups is 1. The van der Waals surface area contributed by atoms with Crippen LogP contribution in [0.4, 0.5) is 0 Å². The Labute approximate surface area is 185 Å². The van der Waals surface area contributed by atoms with Crippen LogP contribution in [-0.2, 0) is 6.42 Å². The predicted octanol–water partition coefficient (Wildman–Crippen LogP) is 3.44. The number of aromatic nitrogens is 1. The number of nitrogens with two attached hydrogens (primary N) is 1. The van der Waals surface area contributed by atoms with E-state index in [9.17, 15) is 9.90 Å². The van der Waals surface area contributed by atoms with Crippen molar-refractivity contribution in [3.63, 3.8) is 0 Å². The van der Waals surface area contributed by atoms with Gasteiger partial charge in [0.15, 0.2) is 0 Å². The molecule has 0 spiro atoms. The van der Waals surface area contributed by atoms with Gasteiger partial charge in [0.25, 0.3) is 5.91 Å². The summed E-state index contributed by atoms with van der Waals surface area (Å²) in [4.78, 5) is 17.2. The van der Waals surface area contributed by atoms with Crippen LogP contribution in [0.2, 0.25) is 5.02 Å². The highest BCUT2D eigenvalue weighted by Crippen LogP contribution is 2.18. The zero-order chi connectivity index (χ0) is 22.2. The fourth-order valence-corrected chi connectivity index (χ4v) is 3.20. The highest BCUT2D eigenvalue weighted by Gasteiger charge is 2.18. The van der Waals surface area contributed by atoms with Gasteiger partial charge in [-0.15, -0.1) is 0 Å². The Morgan fingerprint density at radius 3 is 2.42 bits per heavy atom. The minimum absolute atomic E-state index is 0.202. The van der Waals surface area contributed by atoms with Crippen LogP contribution in [0.3, 0.4) is 0 Å². The summed E-state index contributed by atoms with van der Waals surface area (Å²) in [6.45, 7) is -0.225. The first-order valence-corrected chi connectivity index (χ1v) is 10.1. The van der Waals surface area contributed by atoms with Crippen LogP contribution in [0.15, 0.2) is 79.0 Å². The molecule has 1 aromatic heterocycles. The van der Waals surface area contributed by atoms with Crippen molar-refractivity contribution in [3.8, 4) is 0 Å². The number of allylic oxidation sites excluding steroid dienone is 1. The number of halogens is 1. The van der Waals surface area contributed by atoms with E-state index in [4.69, 9.17) is 22.7 Å². The van der Waals surface area contributed by atoms with Gasteiger partial charge in [0.1, 0.15) is 0 Å². The second kappa shape index (κ2) is 10.5. The van der Waals surface area contributed by atoms with Gasteiger partial charge in [0.05, 0.1) is 18.4 Å². The van der Waals surface area contributed by atoms with Crippen molar-refractivity contribution < 1.29 is 9.90 Å². The maximum atomic E-state index is 12.9. The molecule has 0 radical (unpaired) electrons. The van der Waals surface area contributed by atoms with Crippen molar-refractivity contribution in [1.82, 2.24) is 10.3 Å². The van der Waals surface area contributed by atoms with E-state index in [1.165, 1.54) is 6.08 Å². The second-order valence-electron chi connectivity index (χ2n) is 6.94. The Bertz CT molecular complexity index is 1080. The first kappa shape index (κ1) is 22.2. The molecule has 5 N–H and O–H groups in total. The van der Waals surface area contributed by atoms with E-state index in [2.05, 4.69) is 10.3 Å². The van der Waals surface area contributed by atoms with Gasteiger partial charge in [-0.05, 0) is 42.0 Å². The monoisotopic (exact) mass is 434 g/mol. The van der Waals surface area contributed by atoms with Crippen molar-refractivity contribution in [3.05, 3.63) is 106 Å². The molecule has 1 amide bonds. The first-order chi connectivity index (χ1) is 15.0. The molecular weight excluding hydrogens is 412 g/mol. The molecule has 3 aromatic rings. The summed E-state index contributed by atoms with van der Waals surface area (Å²) >= 11 is 5.90. The van der Waals surface area contributed by atoms with Gasteiger partial charge in [-0.2, -0.15) is 0 Å². The van der Waals surface area contributed by atoms with Gasteiger partial charge in [0, 0.05) is 40.2 Å². The van der Waals surface area contributed by atoms with Crippen LogP contribution in [-0.4, -0.2) is 34.4 Å². The van der Waals surface area contributed by atoms with Gasteiger partial charge in [0.2, 0.25) is 0 Å². The lowest BCUT2D eigenvalue weighted by atomic mass is 10.0. The number of carbonyl (C=O) groups excluding carboxylic acids is 1. The largest absolute Gasteiger partial charge is 0.398 e. The molecule has 31 heavy (non-hydrogen) atoms. The van der Waals surface area contributed by atoms with E-state index < -0.39 is 6.04 Å². The molecule has 158 valence electrons. The third kappa shape index (κ3) is 6.01. The average Bonchev–Trinajstić information content (AvgIpc) is 2.79. The molecule has 2 aromatic carbocycles. The molecule has 0 saturated carbocycles. The summed E-state index contributed by atoms with van der Waals surface area (Å²) in [6, 6.07) is 18.8. The van der Waals surface area contributed by atoms with Crippen LogP contribution in [0.1, 0.15) is 27.2 Å². The summed E-state index contributed by atoms with van der Waals surface area (Å²) < 4.78 is 0. The minimum Gasteiger partial charge on any atom is -0.398 e. The quantitative estimate of drug-likeness (QED) is 0.407. The van der Waals surface area contributed by atoms with Crippen molar-refractivity contribution in [2.45, 2.75) is 12.5 Å². The molecule has 3 rings (SSSR count). The lowest BCUT2D eigenvalue weighted by molar-refractivity contribution is 0.0916. The molecule has 0 aliphatic rings. The molecule has 1 heterocycles. The Hall–Kier alpha value is -3.48. The van der Waals surface area contributed by atoms with Gasteiger partial charge in [-0.3, -0.25) is 9.78 Å². The second-order valence-corrected chi connectivity index (χ2v) is 7.38. The predicted molar refractivity (Wildman–Crippen MR) is 123 cm³/mol. The number of nitrogens with one attached hydrogen (secondary N) is 2. The van der Waals surface area contributed by atoms with Crippen molar-refractivity contribution >= 4 is 28.9 Å². The summed E-state index contributed by atoms with van der Waals surface area (Å²) in [5, 5.41) is 21.4. The molecule has 0 fully saturated rings. The zero-order valence-corrected chi connectivity index (χ0v) is 17.5. The summed E-state index contributed by atoms with van der Waals surface area (Å²) in [7, 11) is 0. The van der Waals surface area contributed by atoms with Crippen LogP contribution in [0.5, 0.6) is 0 Å². The Balaban J connectivity index is 1.79. The normalized spacial score (nSPS) is 12.3. The highest BCUT2D eigenvalue weighted by atomic mass is 35.5. The number of aliphatic hydroxyl groups excluding tert-OH is 1. The van der Waals surface area contributed by atoms with Crippen LogP contribution < -0.4 is 11.1 Å². The van der Waals surface area contributed by atoms with Gasteiger partial charge in [-0.25, -0.2) is 0 Å². The molecule has 0 aliphatic carbocycles. The standard InChI is InChI=1S/C24H23ClN4O2/c25-17-10-8-16(9-11-17)22(26)14-23(27)20-6-1-2-7-21(20)24(31)29-19(15-30)13-18-5-3-4-12-28-18/h1-12,14,19,26,30H,13,15,27H2,(H,29,31)/t19-/m1/s1. The molecule has 0 aliphatic heterocycles. The number of hydrogen-bond acceptors (Lipinski definition) is 5. The molecule has 0 bridgehead atoms. The number of hydrogen-bond donors (Lipinski definition) is 4. The fraction of sp³-hybridized carbons (Fsp3) is 0.125. The van der Waals surface area contributed by atoms with E-state index in [-0.39, 0.29) is 23.9 Å². The number of benzene rings is 2. The van der Waals surface area contributed by atoms with Gasteiger partial charge in [-0.1, -0.05) is 48.0 Å². The molecule has 0 unspecified atom stereocenters. The Kier molecular flexibility index (Phi) is 7.54. The average molecular weight is 435 g/mol.